The number of aryl methyl sites for hydroxylation is 1. The average Bonchev–Trinajstić information content (AvgIpc) is 3.20. The van der Waals surface area contributed by atoms with Crippen molar-refractivity contribution in [3.8, 4) is 0 Å². The molecular formula is C22H27N5O3S. The van der Waals surface area contributed by atoms with Gasteiger partial charge < -0.3 is 15.1 Å². The summed E-state index contributed by atoms with van der Waals surface area (Å²) in [6.07, 6.45) is 3.25. The zero-order valence-electron chi connectivity index (χ0n) is 17.6. The number of carbonyl (C=O) groups is 3. The van der Waals surface area contributed by atoms with Crippen molar-refractivity contribution in [1.29, 1.82) is 0 Å². The van der Waals surface area contributed by atoms with Gasteiger partial charge in [-0.3, -0.25) is 14.9 Å². The summed E-state index contributed by atoms with van der Waals surface area (Å²) in [6, 6.07) is 8.09. The van der Waals surface area contributed by atoms with E-state index in [1.54, 1.807) is 15.2 Å². The van der Waals surface area contributed by atoms with E-state index in [-0.39, 0.29) is 30.3 Å². The van der Waals surface area contributed by atoms with E-state index in [0.29, 0.717) is 37.0 Å². The van der Waals surface area contributed by atoms with E-state index >= 15 is 0 Å². The van der Waals surface area contributed by atoms with Crippen LogP contribution in [0.5, 0.6) is 0 Å². The lowest BCUT2D eigenvalue weighted by Gasteiger charge is -2.33. The van der Waals surface area contributed by atoms with Gasteiger partial charge in [0.15, 0.2) is 5.13 Å². The van der Waals surface area contributed by atoms with Crippen LogP contribution in [0.3, 0.4) is 0 Å². The number of thiazole rings is 1. The van der Waals surface area contributed by atoms with E-state index < -0.39 is 0 Å². The number of amides is 4. The lowest BCUT2D eigenvalue weighted by atomic mass is 9.87. The van der Waals surface area contributed by atoms with Gasteiger partial charge >= 0.3 is 6.03 Å². The van der Waals surface area contributed by atoms with Crippen molar-refractivity contribution >= 4 is 34.3 Å². The maximum atomic E-state index is 12.6. The number of nitrogens with zero attached hydrogens (tertiary/aromatic N) is 3. The molecule has 4 rings (SSSR count). The Morgan fingerprint density at radius 1 is 1.13 bits per heavy atom. The van der Waals surface area contributed by atoms with Gasteiger partial charge in [0.05, 0.1) is 18.2 Å². The van der Waals surface area contributed by atoms with Crippen molar-refractivity contribution in [2.24, 2.45) is 0 Å². The first kappa shape index (κ1) is 21.3. The third-order valence-corrected chi connectivity index (χ3v) is 6.63. The van der Waals surface area contributed by atoms with E-state index in [0.717, 1.165) is 19.3 Å². The number of aromatic nitrogens is 1. The molecule has 2 heterocycles. The van der Waals surface area contributed by atoms with E-state index in [1.807, 2.05) is 12.1 Å². The largest absolute Gasteiger partial charge is 0.349 e. The molecule has 31 heavy (non-hydrogen) atoms. The predicted octanol–water partition coefficient (Wildman–Crippen LogP) is 2.58. The minimum Gasteiger partial charge on any atom is -0.349 e. The van der Waals surface area contributed by atoms with Crippen LogP contribution in [-0.2, 0) is 22.4 Å². The van der Waals surface area contributed by atoms with Crippen LogP contribution >= 0.6 is 11.3 Å². The van der Waals surface area contributed by atoms with Crippen molar-refractivity contribution in [2.75, 3.05) is 31.5 Å². The van der Waals surface area contributed by atoms with Crippen molar-refractivity contribution in [3.63, 3.8) is 0 Å². The number of hydrogen-bond acceptors (Lipinski definition) is 5. The number of rotatable bonds is 4. The fourth-order valence-electron chi connectivity index (χ4n) is 4.15. The standard InChI is InChI=1S/C22H27N5O3S/c1-15(28)26-9-11-27(12-10-26)22(30)25-21-23-17(14-31-21)13-20(29)24-19-8-4-6-16-5-2-3-7-18(16)19/h2-3,5,7,14,19H,4,6,8-13H2,1H3,(H,24,29)(H,23,25,30). The smallest absolute Gasteiger partial charge is 0.323 e. The van der Waals surface area contributed by atoms with Crippen LogP contribution in [0.4, 0.5) is 9.93 Å². The highest BCUT2D eigenvalue weighted by Gasteiger charge is 2.24. The van der Waals surface area contributed by atoms with E-state index in [1.165, 1.54) is 29.4 Å². The Hall–Kier alpha value is -2.94. The first-order valence-corrected chi connectivity index (χ1v) is 11.5. The fraction of sp³-hybridized carbons (Fsp3) is 0.455. The molecule has 1 saturated heterocycles. The summed E-state index contributed by atoms with van der Waals surface area (Å²) >= 11 is 1.31. The summed E-state index contributed by atoms with van der Waals surface area (Å²) in [5.41, 5.74) is 3.16. The lowest BCUT2D eigenvalue weighted by Crippen LogP contribution is -2.51. The molecule has 0 radical (unpaired) electrons. The summed E-state index contributed by atoms with van der Waals surface area (Å²) in [6.45, 7) is 3.60. The Labute approximate surface area is 185 Å². The van der Waals surface area contributed by atoms with Crippen LogP contribution in [-0.4, -0.2) is 58.8 Å². The Morgan fingerprint density at radius 2 is 1.87 bits per heavy atom. The number of fused-ring (bicyclic) bond motifs is 1. The second kappa shape index (κ2) is 9.47. The number of piperazine rings is 1. The van der Waals surface area contributed by atoms with Gasteiger partial charge in [-0.25, -0.2) is 9.78 Å². The van der Waals surface area contributed by atoms with Gasteiger partial charge in [-0.2, -0.15) is 0 Å². The van der Waals surface area contributed by atoms with Crippen LogP contribution in [0.2, 0.25) is 0 Å². The summed E-state index contributed by atoms with van der Waals surface area (Å²) < 4.78 is 0. The summed E-state index contributed by atoms with van der Waals surface area (Å²) in [7, 11) is 0. The molecule has 1 fully saturated rings. The minimum atomic E-state index is -0.229. The summed E-state index contributed by atoms with van der Waals surface area (Å²) in [5, 5.41) is 8.22. The fourth-order valence-corrected chi connectivity index (χ4v) is 4.85. The molecule has 0 saturated carbocycles. The quantitative estimate of drug-likeness (QED) is 0.763. The molecule has 1 aromatic heterocycles. The van der Waals surface area contributed by atoms with Crippen LogP contribution in [0.25, 0.3) is 0 Å². The topological polar surface area (TPSA) is 94.6 Å². The van der Waals surface area contributed by atoms with Gasteiger partial charge in [0.25, 0.3) is 0 Å². The number of benzene rings is 1. The molecule has 1 aromatic carbocycles. The normalized spacial score (nSPS) is 18.3. The van der Waals surface area contributed by atoms with E-state index in [9.17, 15) is 14.4 Å². The average molecular weight is 442 g/mol. The highest BCUT2D eigenvalue weighted by molar-refractivity contribution is 7.13. The molecule has 8 nitrogen and oxygen atoms in total. The van der Waals surface area contributed by atoms with Gasteiger partial charge in [0.1, 0.15) is 0 Å². The van der Waals surface area contributed by atoms with Crippen molar-refractivity contribution in [1.82, 2.24) is 20.1 Å². The van der Waals surface area contributed by atoms with Gasteiger partial charge in [-0.05, 0) is 30.4 Å². The Balaban J connectivity index is 1.28. The highest BCUT2D eigenvalue weighted by atomic mass is 32.1. The molecule has 9 heteroatoms. The molecule has 1 unspecified atom stereocenters. The van der Waals surface area contributed by atoms with Gasteiger partial charge in [-0.1, -0.05) is 24.3 Å². The number of nitrogens with one attached hydrogen (secondary N) is 2. The lowest BCUT2D eigenvalue weighted by molar-refractivity contribution is -0.130. The van der Waals surface area contributed by atoms with Gasteiger partial charge in [-0.15, -0.1) is 11.3 Å². The Kier molecular flexibility index (Phi) is 6.50. The first-order valence-electron chi connectivity index (χ1n) is 10.6. The highest BCUT2D eigenvalue weighted by Crippen LogP contribution is 2.29. The van der Waals surface area contributed by atoms with Crippen LogP contribution in [0, 0.1) is 0 Å². The maximum absolute atomic E-state index is 12.6. The zero-order chi connectivity index (χ0) is 21.8. The molecule has 2 N–H and O–H groups in total. The van der Waals surface area contributed by atoms with Crippen LogP contribution < -0.4 is 10.6 Å². The molecule has 1 atom stereocenters. The van der Waals surface area contributed by atoms with E-state index in [2.05, 4.69) is 27.8 Å². The molecule has 1 aliphatic carbocycles. The summed E-state index contributed by atoms with van der Waals surface area (Å²) in [4.78, 5) is 44.2. The number of hydrogen-bond donors (Lipinski definition) is 2. The maximum Gasteiger partial charge on any atom is 0.323 e. The minimum absolute atomic E-state index is 0.0274. The molecular weight excluding hydrogens is 414 g/mol. The second-order valence-corrected chi connectivity index (χ2v) is 8.81. The molecule has 0 spiro atoms. The number of anilines is 1. The van der Waals surface area contributed by atoms with E-state index in [4.69, 9.17) is 0 Å². The van der Waals surface area contributed by atoms with Gasteiger partial charge in [0.2, 0.25) is 11.8 Å². The molecule has 2 aliphatic rings. The van der Waals surface area contributed by atoms with Crippen molar-refractivity contribution in [3.05, 3.63) is 46.5 Å². The van der Waals surface area contributed by atoms with Crippen LogP contribution in [0.15, 0.2) is 29.6 Å². The monoisotopic (exact) mass is 441 g/mol. The molecule has 2 aromatic rings. The third kappa shape index (κ3) is 5.22. The third-order valence-electron chi connectivity index (χ3n) is 5.82. The zero-order valence-corrected chi connectivity index (χ0v) is 18.4. The van der Waals surface area contributed by atoms with Crippen LogP contribution in [0.1, 0.15) is 42.6 Å². The SMILES string of the molecule is CC(=O)N1CCN(C(=O)Nc2nc(CC(=O)NC3CCCc4ccccc43)cs2)CC1. The molecule has 0 bridgehead atoms. The number of carbonyl (C=O) groups excluding carboxylic acids is 3. The van der Waals surface area contributed by atoms with Gasteiger partial charge in [0, 0.05) is 38.5 Å². The summed E-state index contributed by atoms with van der Waals surface area (Å²) in [5.74, 6) is -0.0372. The molecule has 1 aliphatic heterocycles. The van der Waals surface area contributed by atoms with Crippen molar-refractivity contribution in [2.45, 2.75) is 38.6 Å². The van der Waals surface area contributed by atoms with Crippen molar-refractivity contribution < 1.29 is 14.4 Å². The molecule has 4 amide bonds. The Bertz CT molecular complexity index is 968. The second-order valence-electron chi connectivity index (χ2n) is 7.96. The number of urea groups is 1. The molecule has 164 valence electrons. The predicted molar refractivity (Wildman–Crippen MR) is 119 cm³/mol. The Morgan fingerprint density at radius 3 is 2.65 bits per heavy atom. The first-order chi connectivity index (χ1) is 15.0.